The second-order valence-electron chi connectivity index (χ2n) is 7.06. The quantitative estimate of drug-likeness (QED) is 0.821. The first-order valence-electron chi connectivity index (χ1n) is 9.07. The molecule has 1 amide bonds. The number of nitrogens with zero attached hydrogens (tertiary/aromatic N) is 3. The summed E-state index contributed by atoms with van der Waals surface area (Å²) in [6.07, 6.45) is 4.64. The summed E-state index contributed by atoms with van der Waals surface area (Å²) in [6.45, 7) is 3.41. The third-order valence-corrected chi connectivity index (χ3v) is 6.86. The van der Waals surface area contributed by atoms with E-state index in [1.807, 2.05) is 22.5 Å². The average molecular weight is 389 g/mol. The van der Waals surface area contributed by atoms with Gasteiger partial charge in [0.1, 0.15) is 17.3 Å². The van der Waals surface area contributed by atoms with Gasteiger partial charge in [0.25, 0.3) is 0 Å². The first-order chi connectivity index (χ1) is 12.9. The molecule has 1 aromatic carbocycles. The van der Waals surface area contributed by atoms with Crippen molar-refractivity contribution >= 4 is 21.6 Å². The Morgan fingerprint density at radius 1 is 1.26 bits per heavy atom. The number of sulfonamides is 1. The lowest BCUT2D eigenvalue weighted by molar-refractivity contribution is -0.133. The molecule has 0 unspecified atom stereocenters. The zero-order valence-electron chi connectivity index (χ0n) is 15.1. The maximum absolute atomic E-state index is 12.5. The number of imidazole rings is 1. The minimum atomic E-state index is -3.51. The number of fused-ring (bicyclic) bond motifs is 1. The van der Waals surface area contributed by atoms with Crippen LogP contribution in [0.25, 0.3) is 0 Å². The van der Waals surface area contributed by atoms with Gasteiger partial charge in [-0.1, -0.05) is 12.1 Å². The van der Waals surface area contributed by atoms with Gasteiger partial charge in [0.15, 0.2) is 0 Å². The number of anilines is 1. The molecule has 0 saturated carbocycles. The largest absolute Gasteiger partial charge is 0.368 e. The number of hydrogen-bond donors (Lipinski definition) is 2. The number of aromatic nitrogens is 2. The Morgan fingerprint density at radius 3 is 2.70 bits per heavy atom. The molecule has 1 atom stereocenters. The minimum Gasteiger partial charge on any atom is -0.368 e. The van der Waals surface area contributed by atoms with Crippen LogP contribution >= 0.6 is 0 Å². The average Bonchev–Trinajstić information content (AvgIpc) is 3.06. The van der Waals surface area contributed by atoms with Crippen molar-refractivity contribution < 1.29 is 13.2 Å². The van der Waals surface area contributed by atoms with E-state index in [2.05, 4.69) is 15.0 Å². The van der Waals surface area contributed by atoms with Gasteiger partial charge >= 0.3 is 0 Å². The smallest absolute Gasteiger partial charge is 0.244 e. The molecule has 2 aliphatic rings. The van der Waals surface area contributed by atoms with Gasteiger partial charge in [0.05, 0.1) is 11.9 Å². The van der Waals surface area contributed by atoms with Gasteiger partial charge in [-0.3, -0.25) is 4.79 Å². The zero-order valence-corrected chi connectivity index (χ0v) is 15.9. The second kappa shape index (κ2) is 6.97. The summed E-state index contributed by atoms with van der Waals surface area (Å²) in [5.74, 6) is 1.02. The van der Waals surface area contributed by atoms with E-state index in [1.54, 1.807) is 30.6 Å². The third kappa shape index (κ3) is 3.57. The first-order valence-corrected chi connectivity index (χ1v) is 10.6. The van der Waals surface area contributed by atoms with Gasteiger partial charge in [-0.05, 0) is 37.8 Å². The number of nitrogens with one attached hydrogen (secondary N) is 2. The summed E-state index contributed by atoms with van der Waals surface area (Å²) < 4.78 is 29.6. The van der Waals surface area contributed by atoms with Gasteiger partial charge < -0.3 is 14.8 Å². The normalized spacial score (nSPS) is 22.1. The Morgan fingerprint density at radius 2 is 2.00 bits per heavy atom. The molecule has 4 rings (SSSR count). The van der Waals surface area contributed by atoms with Gasteiger partial charge in [-0.25, -0.2) is 13.4 Å². The van der Waals surface area contributed by atoms with Crippen LogP contribution < -0.4 is 10.0 Å². The highest BCUT2D eigenvalue weighted by Gasteiger charge is 2.35. The maximum atomic E-state index is 12.5. The van der Waals surface area contributed by atoms with E-state index in [0.717, 1.165) is 18.7 Å². The Bertz CT molecular complexity index is 947. The number of para-hydroxylation sites is 1. The number of hydrogen-bond acceptors (Lipinski definition) is 5. The van der Waals surface area contributed by atoms with Crippen LogP contribution in [-0.2, 0) is 21.4 Å². The number of aryl methyl sites for hydroxylation is 1. The second-order valence-corrected chi connectivity index (χ2v) is 8.74. The highest BCUT2D eigenvalue weighted by molar-refractivity contribution is 7.89. The number of carbonyl (C=O) groups is 1. The van der Waals surface area contributed by atoms with Crippen molar-refractivity contribution in [2.24, 2.45) is 5.92 Å². The Labute approximate surface area is 158 Å². The number of amides is 1. The van der Waals surface area contributed by atoms with E-state index < -0.39 is 10.0 Å². The Hall–Kier alpha value is -2.39. The van der Waals surface area contributed by atoms with Gasteiger partial charge in [-0.2, -0.15) is 4.72 Å². The van der Waals surface area contributed by atoms with E-state index >= 15 is 0 Å². The van der Waals surface area contributed by atoms with Gasteiger partial charge in [-0.15, -0.1) is 0 Å². The van der Waals surface area contributed by atoms with Crippen molar-refractivity contribution in [3.63, 3.8) is 0 Å². The summed E-state index contributed by atoms with van der Waals surface area (Å²) in [5, 5.41) is 3.30. The van der Waals surface area contributed by atoms with Crippen molar-refractivity contribution in [3.8, 4) is 0 Å². The van der Waals surface area contributed by atoms with Crippen LogP contribution in [0.2, 0.25) is 0 Å². The highest BCUT2D eigenvalue weighted by Crippen LogP contribution is 2.30. The molecule has 3 heterocycles. The fraction of sp³-hybridized carbons (Fsp3) is 0.444. The molecule has 1 aromatic heterocycles. The molecule has 0 spiro atoms. The number of likely N-dealkylation sites (tertiary alicyclic amines) is 1. The van der Waals surface area contributed by atoms with Crippen LogP contribution in [0, 0.1) is 12.8 Å². The number of rotatable bonds is 3. The van der Waals surface area contributed by atoms with E-state index in [1.165, 1.54) is 0 Å². The molecular formula is C18H23N5O3S. The molecule has 0 radical (unpaired) electrons. The third-order valence-electron chi connectivity index (χ3n) is 5.36. The fourth-order valence-electron chi connectivity index (χ4n) is 3.76. The Kier molecular flexibility index (Phi) is 4.65. The number of piperidine rings is 1. The summed E-state index contributed by atoms with van der Waals surface area (Å²) >= 11 is 0. The molecule has 0 bridgehead atoms. The van der Waals surface area contributed by atoms with E-state index in [4.69, 9.17) is 0 Å². The summed E-state index contributed by atoms with van der Waals surface area (Å²) in [7, 11) is -3.51. The zero-order chi connectivity index (χ0) is 19.0. The molecule has 27 heavy (non-hydrogen) atoms. The van der Waals surface area contributed by atoms with Crippen LogP contribution in [-0.4, -0.2) is 48.0 Å². The van der Waals surface area contributed by atoms with Crippen molar-refractivity contribution in [2.75, 3.05) is 18.4 Å². The summed E-state index contributed by atoms with van der Waals surface area (Å²) in [4.78, 5) is 18.8. The van der Waals surface area contributed by atoms with Crippen LogP contribution in [0.5, 0.6) is 0 Å². The van der Waals surface area contributed by atoms with Crippen LogP contribution in [0.1, 0.15) is 18.7 Å². The van der Waals surface area contributed by atoms with E-state index in [9.17, 15) is 13.2 Å². The van der Waals surface area contributed by atoms with Crippen LogP contribution in [0.3, 0.4) is 0 Å². The molecule has 144 valence electrons. The van der Waals surface area contributed by atoms with Gasteiger partial charge in [0.2, 0.25) is 15.9 Å². The first kappa shape index (κ1) is 18.0. The number of benzene rings is 1. The van der Waals surface area contributed by atoms with Crippen molar-refractivity contribution in [2.45, 2.75) is 37.4 Å². The summed E-state index contributed by atoms with van der Waals surface area (Å²) in [5.41, 5.74) is 0.635. The predicted octanol–water partition coefficient (Wildman–Crippen LogP) is 1.16. The molecule has 2 aliphatic heterocycles. The lowest BCUT2D eigenvalue weighted by atomic mass is 9.93. The molecular weight excluding hydrogens is 366 g/mol. The highest BCUT2D eigenvalue weighted by atomic mass is 32.2. The SMILES string of the molecule is Cc1nccn1CC(=O)N1CCC([C@H]2Nc3ccccc3S(=O)(=O)N2)CC1. The maximum Gasteiger partial charge on any atom is 0.244 e. The van der Waals surface area contributed by atoms with Gasteiger partial charge in [0, 0.05) is 25.5 Å². The molecule has 1 saturated heterocycles. The lowest BCUT2D eigenvalue weighted by Gasteiger charge is -2.39. The van der Waals surface area contributed by atoms with Crippen LogP contribution in [0.15, 0.2) is 41.6 Å². The van der Waals surface area contributed by atoms with E-state index in [0.29, 0.717) is 18.8 Å². The topological polar surface area (TPSA) is 96.3 Å². The fourth-order valence-corrected chi connectivity index (χ4v) is 5.15. The lowest BCUT2D eigenvalue weighted by Crippen LogP contribution is -2.52. The molecule has 1 fully saturated rings. The summed E-state index contributed by atoms with van der Waals surface area (Å²) in [6, 6.07) is 6.92. The van der Waals surface area contributed by atoms with Crippen LogP contribution in [0.4, 0.5) is 5.69 Å². The standard InChI is InChI=1S/C18H23N5O3S/c1-13-19-8-11-23(13)12-17(24)22-9-6-14(7-10-22)18-20-15-4-2-3-5-16(15)27(25,26)21-18/h2-5,8,11,14,18,20-21H,6-7,9-10,12H2,1H3/t18-/m0/s1. The Balaban J connectivity index is 1.38. The molecule has 8 nitrogen and oxygen atoms in total. The van der Waals surface area contributed by atoms with Crippen molar-refractivity contribution in [3.05, 3.63) is 42.5 Å². The predicted molar refractivity (Wildman–Crippen MR) is 100 cm³/mol. The molecule has 2 aromatic rings. The molecule has 2 N–H and O–H groups in total. The van der Waals surface area contributed by atoms with E-state index in [-0.39, 0.29) is 29.4 Å². The monoisotopic (exact) mass is 389 g/mol. The van der Waals surface area contributed by atoms with Crippen molar-refractivity contribution in [1.29, 1.82) is 0 Å². The molecule has 9 heteroatoms. The number of carbonyl (C=O) groups excluding carboxylic acids is 1. The molecule has 0 aliphatic carbocycles. The van der Waals surface area contributed by atoms with Crippen molar-refractivity contribution in [1.82, 2.24) is 19.2 Å². The minimum absolute atomic E-state index is 0.0667.